The number of hydrogen-bond donors (Lipinski definition) is 1. The van der Waals surface area contributed by atoms with Crippen LogP contribution in [-0.2, 0) is 16.6 Å². The predicted octanol–water partition coefficient (Wildman–Crippen LogP) is 2.07. The molecule has 1 aromatic heterocycles. The summed E-state index contributed by atoms with van der Waals surface area (Å²) in [5, 5.41) is 0.898. The van der Waals surface area contributed by atoms with Crippen LogP contribution in [-0.4, -0.2) is 8.42 Å². The summed E-state index contributed by atoms with van der Waals surface area (Å²) in [6, 6.07) is 3.74. The summed E-state index contributed by atoms with van der Waals surface area (Å²) in [5.74, 6) is 0. The van der Waals surface area contributed by atoms with Gasteiger partial charge in [0.25, 0.3) is 0 Å². The first-order valence-corrected chi connectivity index (χ1v) is 6.55. The van der Waals surface area contributed by atoms with Crippen molar-refractivity contribution in [3.63, 3.8) is 0 Å². The molecule has 1 rings (SSSR count). The quantitative estimate of drug-likeness (QED) is 0.919. The highest BCUT2D eigenvalue weighted by molar-refractivity contribution is 9.11. The number of sulfonamides is 1. The van der Waals surface area contributed by atoms with E-state index in [9.17, 15) is 8.42 Å². The van der Waals surface area contributed by atoms with Crippen molar-refractivity contribution in [1.82, 2.24) is 4.72 Å². The molecule has 13 heavy (non-hydrogen) atoms. The SMILES string of the molecule is C=CS(=O)(=O)NCc1ccc(Br)s1. The van der Waals surface area contributed by atoms with Crippen molar-refractivity contribution in [1.29, 1.82) is 0 Å². The molecule has 0 saturated carbocycles. The van der Waals surface area contributed by atoms with E-state index in [0.29, 0.717) is 6.54 Å². The average Bonchev–Trinajstić information content (AvgIpc) is 2.48. The molecule has 0 amide bonds. The van der Waals surface area contributed by atoms with Crippen molar-refractivity contribution in [3.8, 4) is 0 Å². The molecule has 0 radical (unpaired) electrons. The van der Waals surface area contributed by atoms with E-state index in [1.807, 2.05) is 12.1 Å². The molecule has 3 nitrogen and oxygen atoms in total. The van der Waals surface area contributed by atoms with Crippen LogP contribution in [0.4, 0.5) is 0 Å². The summed E-state index contributed by atoms with van der Waals surface area (Å²) in [7, 11) is -3.30. The van der Waals surface area contributed by atoms with E-state index in [-0.39, 0.29) is 0 Å². The van der Waals surface area contributed by atoms with Crippen molar-refractivity contribution in [2.24, 2.45) is 0 Å². The van der Waals surface area contributed by atoms with Gasteiger partial charge < -0.3 is 0 Å². The number of nitrogens with one attached hydrogen (secondary N) is 1. The van der Waals surface area contributed by atoms with Crippen molar-refractivity contribution >= 4 is 37.3 Å². The Morgan fingerprint density at radius 1 is 1.62 bits per heavy atom. The molecular weight excluding hydrogens is 274 g/mol. The third-order valence-corrected chi connectivity index (χ3v) is 3.91. The molecule has 0 atom stereocenters. The van der Waals surface area contributed by atoms with Crippen LogP contribution < -0.4 is 4.72 Å². The van der Waals surface area contributed by atoms with Crippen molar-refractivity contribution in [2.75, 3.05) is 0 Å². The highest BCUT2D eigenvalue weighted by atomic mass is 79.9. The van der Waals surface area contributed by atoms with Gasteiger partial charge >= 0.3 is 0 Å². The van der Waals surface area contributed by atoms with E-state index in [1.165, 1.54) is 11.3 Å². The molecule has 72 valence electrons. The highest BCUT2D eigenvalue weighted by Crippen LogP contribution is 2.21. The van der Waals surface area contributed by atoms with Crippen molar-refractivity contribution in [2.45, 2.75) is 6.54 Å². The minimum atomic E-state index is -3.30. The van der Waals surface area contributed by atoms with E-state index in [1.54, 1.807) is 0 Å². The van der Waals surface area contributed by atoms with Gasteiger partial charge in [0.15, 0.2) is 0 Å². The maximum absolute atomic E-state index is 10.9. The smallest absolute Gasteiger partial charge is 0.208 e. The molecule has 0 aromatic carbocycles. The van der Waals surface area contributed by atoms with Gasteiger partial charge in [0.1, 0.15) is 0 Å². The van der Waals surface area contributed by atoms with Crippen LogP contribution in [0.15, 0.2) is 27.9 Å². The van der Waals surface area contributed by atoms with Crippen LogP contribution in [0.5, 0.6) is 0 Å². The summed E-state index contributed by atoms with van der Waals surface area (Å²) in [6.45, 7) is 3.50. The first-order valence-electron chi connectivity index (χ1n) is 3.40. The molecule has 6 heteroatoms. The second-order valence-corrected chi connectivity index (χ2v) is 6.50. The summed E-state index contributed by atoms with van der Waals surface area (Å²) < 4.78 is 25.3. The maximum atomic E-state index is 10.9. The van der Waals surface area contributed by atoms with E-state index in [4.69, 9.17) is 0 Å². The Morgan fingerprint density at radius 3 is 2.77 bits per heavy atom. The van der Waals surface area contributed by atoms with Gasteiger partial charge in [-0.25, -0.2) is 13.1 Å². The summed E-state index contributed by atoms with van der Waals surface area (Å²) >= 11 is 4.79. The fourth-order valence-electron chi connectivity index (χ4n) is 0.677. The summed E-state index contributed by atoms with van der Waals surface area (Å²) in [4.78, 5) is 0.956. The van der Waals surface area contributed by atoms with Gasteiger partial charge in [-0.15, -0.1) is 11.3 Å². The number of halogens is 1. The molecule has 1 aromatic rings. The molecule has 0 saturated heterocycles. The Morgan fingerprint density at radius 2 is 2.31 bits per heavy atom. The monoisotopic (exact) mass is 281 g/mol. The van der Waals surface area contributed by atoms with Crippen molar-refractivity contribution < 1.29 is 8.42 Å². The lowest BCUT2D eigenvalue weighted by Gasteiger charge is -1.98. The fourth-order valence-corrected chi connectivity index (χ4v) is 2.67. The van der Waals surface area contributed by atoms with Crippen LogP contribution >= 0.6 is 27.3 Å². The molecule has 0 bridgehead atoms. The molecule has 1 N–H and O–H groups in total. The molecule has 0 fully saturated rings. The van der Waals surface area contributed by atoms with E-state index in [2.05, 4.69) is 27.2 Å². The molecule has 1 heterocycles. The summed E-state index contributed by atoms with van der Waals surface area (Å²) in [6.07, 6.45) is 0. The molecule has 0 aliphatic rings. The number of thiophene rings is 1. The minimum absolute atomic E-state index is 0.310. The molecule has 0 aliphatic carbocycles. The lowest BCUT2D eigenvalue weighted by molar-refractivity contribution is 0.591. The molecule has 0 unspecified atom stereocenters. The Hall–Kier alpha value is -0.170. The lowest BCUT2D eigenvalue weighted by atomic mass is 10.5. The van der Waals surface area contributed by atoms with Gasteiger partial charge in [0, 0.05) is 16.8 Å². The first kappa shape index (κ1) is 10.9. The lowest BCUT2D eigenvalue weighted by Crippen LogP contribution is -2.19. The second kappa shape index (κ2) is 4.36. The standard InChI is InChI=1S/C7H8BrNO2S2/c1-2-13(10,11)9-5-6-3-4-7(8)12-6/h2-4,9H,1,5H2. The normalized spacial score (nSPS) is 11.5. The fraction of sp³-hybridized carbons (Fsp3) is 0.143. The van der Waals surface area contributed by atoms with Crippen LogP contribution in [0.25, 0.3) is 0 Å². The third-order valence-electron chi connectivity index (χ3n) is 1.30. The van der Waals surface area contributed by atoms with E-state index >= 15 is 0 Å². The van der Waals surface area contributed by atoms with Gasteiger partial charge in [-0.3, -0.25) is 0 Å². The van der Waals surface area contributed by atoms with Crippen LogP contribution in [0, 0.1) is 0 Å². The highest BCUT2D eigenvalue weighted by Gasteiger charge is 2.04. The number of rotatable bonds is 4. The zero-order valence-electron chi connectivity index (χ0n) is 6.66. The topological polar surface area (TPSA) is 46.2 Å². The number of hydrogen-bond acceptors (Lipinski definition) is 3. The maximum Gasteiger partial charge on any atom is 0.233 e. The van der Waals surface area contributed by atoms with Crippen LogP contribution in [0.3, 0.4) is 0 Å². The van der Waals surface area contributed by atoms with Gasteiger partial charge in [0.05, 0.1) is 3.79 Å². The van der Waals surface area contributed by atoms with E-state index < -0.39 is 10.0 Å². The minimum Gasteiger partial charge on any atom is -0.208 e. The van der Waals surface area contributed by atoms with Gasteiger partial charge in [-0.2, -0.15) is 0 Å². The summed E-state index contributed by atoms with van der Waals surface area (Å²) in [5.41, 5.74) is 0. The zero-order chi connectivity index (χ0) is 9.90. The Bertz CT molecular complexity index is 396. The largest absolute Gasteiger partial charge is 0.233 e. The zero-order valence-corrected chi connectivity index (χ0v) is 9.88. The average molecular weight is 282 g/mol. The van der Waals surface area contributed by atoms with Gasteiger partial charge in [0.2, 0.25) is 10.0 Å². The molecule has 0 aliphatic heterocycles. The molecule has 0 spiro atoms. The van der Waals surface area contributed by atoms with E-state index in [0.717, 1.165) is 14.1 Å². The Kier molecular flexibility index (Phi) is 3.66. The van der Waals surface area contributed by atoms with Crippen LogP contribution in [0.2, 0.25) is 0 Å². The third kappa shape index (κ3) is 3.60. The Labute approximate surface area is 89.7 Å². The van der Waals surface area contributed by atoms with Crippen molar-refractivity contribution in [3.05, 3.63) is 32.8 Å². The Balaban J connectivity index is 2.58. The van der Waals surface area contributed by atoms with Gasteiger partial charge in [-0.05, 0) is 28.1 Å². The van der Waals surface area contributed by atoms with Gasteiger partial charge in [-0.1, -0.05) is 6.58 Å². The van der Waals surface area contributed by atoms with Crippen LogP contribution in [0.1, 0.15) is 4.88 Å². The second-order valence-electron chi connectivity index (χ2n) is 2.24. The predicted molar refractivity (Wildman–Crippen MR) is 58.0 cm³/mol. The molecular formula is C7H8BrNO2S2. The first-order chi connectivity index (χ1) is 6.03.